The maximum atomic E-state index is 5.49. The zero-order valence-corrected chi connectivity index (χ0v) is 12.3. The van der Waals surface area contributed by atoms with Crippen molar-refractivity contribution >= 4 is 23.3 Å². The molecule has 0 radical (unpaired) electrons. The van der Waals surface area contributed by atoms with Crippen LogP contribution in [-0.2, 0) is 6.42 Å². The standard InChI is InChI=1S/C16H16N2OS/c1-3-11-6-4-5-7-14(11)18-15-10-12(19-2)8-9-13(15)17-16(18)20/h4-10H,3H2,1-2H3,(H,17,20). The minimum Gasteiger partial charge on any atom is -0.497 e. The van der Waals surface area contributed by atoms with Crippen molar-refractivity contribution in [3.8, 4) is 11.4 Å². The van der Waals surface area contributed by atoms with E-state index in [0.29, 0.717) is 4.77 Å². The molecule has 1 heterocycles. The molecule has 0 spiro atoms. The Morgan fingerprint density at radius 1 is 1.20 bits per heavy atom. The van der Waals surface area contributed by atoms with Crippen LogP contribution in [0.3, 0.4) is 0 Å². The molecule has 2 aromatic carbocycles. The van der Waals surface area contributed by atoms with Crippen LogP contribution >= 0.6 is 12.2 Å². The minimum absolute atomic E-state index is 0.703. The fourth-order valence-corrected chi connectivity index (χ4v) is 2.78. The molecule has 3 rings (SSSR count). The smallest absolute Gasteiger partial charge is 0.182 e. The Labute approximate surface area is 122 Å². The Balaban J connectivity index is 2.35. The number of rotatable bonds is 3. The van der Waals surface area contributed by atoms with Crippen molar-refractivity contribution in [3.63, 3.8) is 0 Å². The van der Waals surface area contributed by atoms with Crippen LogP contribution in [-0.4, -0.2) is 16.7 Å². The largest absolute Gasteiger partial charge is 0.497 e. The Morgan fingerprint density at radius 2 is 2.00 bits per heavy atom. The average Bonchev–Trinajstić information content (AvgIpc) is 2.81. The number of benzene rings is 2. The summed E-state index contributed by atoms with van der Waals surface area (Å²) in [6, 6.07) is 14.3. The lowest BCUT2D eigenvalue weighted by Gasteiger charge is -2.10. The molecule has 0 unspecified atom stereocenters. The summed E-state index contributed by atoms with van der Waals surface area (Å²) in [5.74, 6) is 0.828. The van der Waals surface area contributed by atoms with Crippen LogP contribution < -0.4 is 4.74 Å². The quantitative estimate of drug-likeness (QED) is 0.728. The second-order valence-electron chi connectivity index (χ2n) is 4.63. The van der Waals surface area contributed by atoms with Gasteiger partial charge in [0.25, 0.3) is 0 Å². The molecule has 1 aromatic heterocycles. The highest BCUT2D eigenvalue weighted by molar-refractivity contribution is 7.71. The third kappa shape index (κ3) is 2.02. The van der Waals surface area contributed by atoms with Crippen molar-refractivity contribution in [3.05, 3.63) is 52.8 Å². The van der Waals surface area contributed by atoms with Crippen LogP contribution in [0.25, 0.3) is 16.7 Å². The van der Waals surface area contributed by atoms with Gasteiger partial charge in [-0.2, -0.15) is 0 Å². The summed E-state index contributed by atoms with van der Waals surface area (Å²) < 4.78 is 8.10. The SMILES string of the molecule is CCc1ccccc1-n1c(=S)[nH]c2ccc(OC)cc21. The van der Waals surface area contributed by atoms with E-state index in [-0.39, 0.29) is 0 Å². The van der Waals surface area contributed by atoms with Crippen molar-refractivity contribution in [2.24, 2.45) is 0 Å². The summed E-state index contributed by atoms with van der Waals surface area (Å²) in [5.41, 5.74) is 4.45. The Bertz CT molecular complexity index is 817. The lowest BCUT2D eigenvalue weighted by atomic mass is 10.1. The normalized spacial score (nSPS) is 10.9. The summed E-state index contributed by atoms with van der Waals surface area (Å²) in [6.07, 6.45) is 0.967. The number of nitrogens with zero attached hydrogens (tertiary/aromatic N) is 1. The van der Waals surface area contributed by atoms with E-state index < -0.39 is 0 Å². The van der Waals surface area contributed by atoms with E-state index in [2.05, 4.69) is 34.7 Å². The van der Waals surface area contributed by atoms with Gasteiger partial charge < -0.3 is 9.72 Å². The number of aromatic nitrogens is 2. The van der Waals surface area contributed by atoms with Crippen LogP contribution in [0, 0.1) is 4.77 Å². The number of ether oxygens (including phenoxy) is 1. The van der Waals surface area contributed by atoms with Crippen LogP contribution in [0.5, 0.6) is 5.75 Å². The fraction of sp³-hybridized carbons (Fsp3) is 0.188. The van der Waals surface area contributed by atoms with Gasteiger partial charge in [0.1, 0.15) is 5.75 Å². The van der Waals surface area contributed by atoms with E-state index >= 15 is 0 Å². The summed E-state index contributed by atoms with van der Waals surface area (Å²) >= 11 is 5.49. The number of fused-ring (bicyclic) bond motifs is 1. The third-order valence-corrected chi connectivity index (χ3v) is 3.79. The van der Waals surface area contributed by atoms with Crippen molar-refractivity contribution in [2.75, 3.05) is 7.11 Å². The Morgan fingerprint density at radius 3 is 2.75 bits per heavy atom. The first-order valence-corrected chi connectivity index (χ1v) is 7.02. The van der Waals surface area contributed by atoms with Crippen LogP contribution in [0.1, 0.15) is 12.5 Å². The van der Waals surface area contributed by atoms with Crippen LogP contribution in [0.4, 0.5) is 0 Å². The third-order valence-electron chi connectivity index (χ3n) is 3.50. The number of aromatic amines is 1. The van der Waals surface area contributed by atoms with Gasteiger partial charge in [0.2, 0.25) is 0 Å². The van der Waals surface area contributed by atoms with Crippen molar-refractivity contribution in [1.29, 1.82) is 0 Å². The van der Waals surface area contributed by atoms with E-state index in [4.69, 9.17) is 17.0 Å². The highest BCUT2D eigenvalue weighted by atomic mass is 32.1. The van der Waals surface area contributed by atoms with E-state index in [1.807, 2.05) is 24.3 Å². The maximum Gasteiger partial charge on any atom is 0.182 e. The molecule has 0 fully saturated rings. The summed E-state index contributed by atoms with van der Waals surface area (Å²) in [6.45, 7) is 2.15. The monoisotopic (exact) mass is 284 g/mol. The first kappa shape index (κ1) is 12.9. The molecule has 1 N–H and O–H groups in total. The summed E-state index contributed by atoms with van der Waals surface area (Å²) in [7, 11) is 1.67. The molecule has 20 heavy (non-hydrogen) atoms. The predicted molar refractivity (Wildman–Crippen MR) is 84.4 cm³/mol. The van der Waals surface area contributed by atoms with E-state index in [1.54, 1.807) is 7.11 Å². The van der Waals surface area contributed by atoms with E-state index in [1.165, 1.54) is 5.56 Å². The Hall–Kier alpha value is -2.07. The van der Waals surface area contributed by atoms with Crippen LogP contribution in [0.2, 0.25) is 0 Å². The molecule has 0 amide bonds. The van der Waals surface area contributed by atoms with Crippen molar-refractivity contribution in [1.82, 2.24) is 9.55 Å². The van der Waals surface area contributed by atoms with Gasteiger partial charge in [0.15, 0.2) is 4.77 Å². The van der Waals surface area contributed by atoms with Gasteiger partial charge in [0.05, 0.1) is 23.8 Å². The molecule has 0 aliphatic carbocycles. The second kappa shape index (κ2) is 5.13. The number of H-pyrrole nitrogens is 1. The molecular weight excluding hydrogens is 268 g/mol. The number of aryl methyl sites for hydroxylation is 1. The molecule has 4 heteroatoms. The topological polar surface area (TPSA) is 29.9 Å². The molecule has 0 aliphatic heterocycles. The molecule has 0 atom stereocenters. The lowest BCUT2D eigenvalue weighted by molar-refractivity contribution is 0.415. The number of imidazole rings is 1. The molecule has 3 aromatic rings. The van der Waals surface area contributed by atoms with Crippen LogP contribution in [0.15, 0.2) is 42.5 Å². The minimum atomic E-state index is 0.703. The predicted octanol–water partition coefficient (Wildman–Crippen LogP) is 4.26. The zero-order chi connectivity index (χ0) is 14.1. The van der Waals surface area contributed by atoms with Gasteiger partial charge in [-0.25, -0.2) is 0 Å². The van der Waals surface area contributed by atoms with Gasteiger partial charge in [0, 0.05) is 6.07 Å². The van der Waals surface area contributed by atoms with Gasteiger partial charge in [-0.3, -0.25) is 4.57 Å². The number of methoxy groups -OCH3 is 1. The average molecular weight is 284 g/mol. The van der Waals surface area contributed by atoms with Crippen molar-refractivity contribution in [2.45, 2.75) is 13.3 Å². The second-order valence-corrected chi connectivity index (χ2v) is 5.02. The molecule has 0 bridgehead atoms. The lowest BCUT2D eigenvalue weighted by Crippen LogP contribution is -1.99. The first-order chi connectivity index (χ1) is 9.74. The number of hydrogen-bond donors (Lipinski definition) is 1. The van der Waals surface area contributed by atoms with Gasteiger partial charge in [-0.1, -0.05) is 25.1 Å². The highest BCUT2D eigenvalue weighted by Crippen LogP contribution is 2.25. The summed E-state index contributed by atoms with van der Waals surface area (Å²) in [5, 5.41) is 0. The molecule has 0 aliphatic rings. The number of hydrogen-bond acceptors (Lipinski definition) is 2. The van der Waals surface area contributed by atoms with E-state index in [9.17, 15) is 0 Å². The highest BCUT2D eigenvalue weighted by Gasteiger charge is 2.10. The molecule has 0 saturated heterocycles. The molecule has 3 nitrogen and oxygen atoms in total. The number of nitrogens with one attached hydrogen (secondary N) is 1. The maximum absolute atomic E-state index is 5.49. The Kier molecular flexibility index (Phi) is 3.32. The van der Waals surface area contributed by atoms with Gasteiger partial charge in [-0.15, -0.1) is 0 Å². The van der Waals surface area contributed by atoms with Crippen molar-refractivity contribution < 1.29 is 4.74 Å². The molecular formula is C16H16N2OS. The summed E-state index contributed by atoms with van der Waals surface area (Å²) in [4.78, 5) is 3.25. The first-order valence-electron chi connectivity index (χ1n) is 6.61. The zero-order valence-electron chi connectivity index (χ0n) is 11.5. The number of para-hydroxylation sites is 1. The van der Waals surface area contributed by atoms with Gasteiger partial charge >= 0.3 is 0 Å². The molecule has 102 valence electrons. The fourth-order valence-electron chi connectivity index (χ4n) is 2.48. The van der Waals surface area contributed by atoms with Gasteiger partial charge in [-0.05, 0) is 42.4 Å². The molecule has 0 saturated carbocycles. The van der Waals surface area contributed by atoms with E-state index in [0.717, 1.165) is 28.9 Å².